The van der Waals surface area contributed by atoms with Gasteiger partial charge in [0, 0.05) is 30.9 Å². The standard InChI is InChI=1S/C14H22N2O/c1-10-4-5-14(6-11(10)2)16-7-12(3)15-13(8-16)9-17/h4-6,12-13,15,17H,7-9H2,1-3H3. The molecule has 1 aromatic carbocycles. The number of hydrogen-bond donors (Lipinski definition) is 2. The summed E-state index contributed by atoms with van der Waals surface area (Å²) in [5, 5.41) is 12.7. The first kappa shape index (κ1) is 12.4. The molecule has 2 atom stereocenters. The van der Waals surface area contributed by atoms with Crippen LogP contribution in [0.3, 0.4) is 0 Å². The average molecular weight is 234 g/mol. The summed E-state index contributed by atoms with van der Waals surface area (Å²) in [7, 11) is 0. The molecule has 0 amide bonds. The second-order valence-electron chi connectivity index (χ2n) is 5.12. The van der Waals surface area contributed by atoms with E-state index in [1.807, 2.05) is 0 Å². The van der Waals surface area contributed by atoms with E-state index in [4.69, 9.17) is 0 Å². The monoisotopic (exact) mass is 234 g/mol. The van der Waals surface area contributed by atoms with Gasteiger partial charge in [0.25, 0.3) is 0 Å². The van der Waals surface area contributed by atoms with E-state index >= 15 is 0 Å². The first-order chi connectivity index (χ1) is 8.10. The number of anilines is 1. The second kappa shape index (κ2) is 5.07. The molecule has 1 saturated heterocycles. The van der Waals surface area contributed by atoms with Crippen LogP contribution < -0.4 is 10.2 Å². The number of aryl methyl sites for hydroxylation is 2. The number of rotatable bonds is 2. The summed E-state index contributed by atoms with van der Waals surface area (Å²) >= 11 is 0. The predicted molar refractivity (Wildman–Crippen MR) is 71.6 cm³/mol. The van der Waals surface area contributed by atoms with Gasteiger partial charge in [-0.25, -0.2) is 0 Å². The van der Waals surface area contributed by atoms with Crippen molar-refractivity contribution in [3.63, 3.8) is 0 Å². The van der Waals surface area contributed by atoms with E-state index < -0.39 is 0 Å². The second-order valence-corrected chi connectivity index (χ2v) is 5.12. The molecule has 0 aromatic heterocycles. The van der Waals surface area contributed by atoms with Crippen molar-refractivity contribution in [2.24, 2.45) is 0 Å². The van der Waals surface area contributed by atoms with Crippen molar-refractivity contribution in [1.29, 1.82) is 0 Å². The molecule has 1 aliphatic rings. The van der Waals surface area contributed by atoms with Gasteiger partial charge in [0.1, 0.15) is 0 Å². The Kier molecular flexibility index (Phi) is 3.69. The van der Waals surface area contributed by atoms with Gasteiger partial charge < -0.3 is 15.3 Å². The van der Waals surface area contributed by atoms with Gasteiger partial charge in [-0.3, -0.25) is 0 Å². The van der Waals surface area contributed by atoms with Gasteiger partial charge >= 0.3 is 0 Å². The van der Waals surface area contributed by atoms with E-state index in [-0.39, 0.29) is 12.6 Å². The van der Waals surface area contributed by atoms with Crippen LogP contribution >= 0.6 is 0 Å². The molecular weight excluding hydrogens is 212 g/mol. The van der Waals surface area contributed by atoms with Gasteiger partial charge in [0.2, 0.25) is 0 Å². The Hall–Kier alpha value is -1.06. The molecule has 3 nitrogen and oxygen atoms in total. The van der Waals surface area contributed by atoms with Crippen molar-refractivity contribution in [2.75, 3.05) is 24.6 Å². The zero-order chi connectivity index (χ0) is 12.4. The molecule has 3 heteroatoms. The molecule has 2 unspecified atom stereocenters. The van der Waals surface area contributed by atoms with Crippen molar-refractivity contribution in [3.05, 3.63) is 29.3 Å². The minimum absolute atomic E-state index is 0.181. The van der Waals surface area contributed by atoms with Crippen LogP contribution in [-0.2, 0) is 0 Å². The van der Waals surface area contributed by atoms with Crippen LogP contribution in [0.25, 0.3) is 0 Å². The number of nitrogens with one attached hydrogen (secondary N) is 1. The number of piperazine rings is 1. The third kappa shape index (κ3) is 2.79. The Morgan fingerprint density at radius 1 is 1.29 bits per heavy atom. The van der Waals surface area contributed by atoms with Crippen molar-refractivity contribution < 1.29 is 5.11 Å². The lowest BCUT2D eigenvalue weighted by atomic mass is 10.1. The number of hydrogen-bond acceptors (Lipinski definition) is 3. The molecule has 0 bridgehead atoms. The Morgan fingerprint density at radius 3 is 2.71 bits per heavy atom. The van der Waals surface area contributed by atoms with E-state index in [0.717, 1.165) is 13.1 Å². The number of aliphatic hydroxyl groups excluding tert-OH is 1. The lowest BCUT2D eigenvalue weighted by Gasteiger charge is -2.38. The largest absolute Gasteiger partial charge is 0.395 e. The fraction of sp³-hybridized carbons (Fsp3) is 0.571. The van der Waals surface area contributed by atoms with Crippen LogP contribution in [0, 0.1) is 13.8 Å². The Bertz CT molecular complexity index is 392. The van der Waals surface area contributed by atoms with E-state index in [9.17, 15) is 5.11 Å². The molecule has 2 rings (SSSR count). The molecule has 0 saturated carbocycles. The molecular formula is C14H22N2O. The zero-order valence-electron chi connectivity index (χ0n) is 10.9. The highest BCUT2D eigenvalue weighted by Gasteiger charge is 2.23. The minimum Gasteiger partial charge on any atom is -0.395 e. The first-order valence-corrected chi connectivity index (χ1v) is 6.29. The molecule has 0 radical (unpaired) electrons. The SMILES string of the molecule is Cc1ccc(N2CC(C)NC(CO)C2)cc1C. The number of nitrogens with zero attached hydrogens (tertiary/aromatic N) is 1. The molecule has 0 spiro atoms. The van der Waals surface area contributed by atoms with Crippen molar-refractivity contribution >= 4 is 5.69 Å². The van der Waals surface area contributed by atoms with Crippen LogP contribution in [0.5, 0.6) is 0 Å². The smallest absolute Gasteiger partial charge is 0.0602 e. The Balaban J connectivity index is 2.17. The van der Waals surface area contributed by atoms with Crippen molar-refractivity contribution in [2.45, 2.75) is 32.9 Å². The molecule has 0 aliphatic carbocycles. The Morgan fingerprint density at radius 2 is 2.06 bits per heavy atom. The molecule has 1 fully saturated rings. The highest BCUT2D eigenvalue weighted by molar-refractivity contribution is 5.51. The predicted octanol–water partition coefficient (Wildman–Crippen LogP) is 1.46. The topological polar surface area (TPSA) is 35.5 Å². The van der Waals surface area contributed by atoms with Gasteiger partial charge in [-0.2, -0.15) is 0 Å². The summed E-state index contributed by atoms with van der Waals surface area (Å²) in [6.07, 6.45) is 0. The highest BCUT2D eigenvalue weighted by atomic mass is 16.3. The average Bonchev–Trinajstić information content (AvgIpc) is 2.32. The number of benzene rings is 1. The van der Waals surface area contributed by atoms with E-state index in [2.05, 4.69) is 49.2 Å². The summed E-state index contributed by atoms with van der Waals surface area (Å²) in [5.74, 6) is 0. The van der Waals surface area contributed by atoms with Gasteiger partial charge in [-0.05, 0) is 44.0 Å². The van der Waals surface area contributed by atoms with Crippen molar-refractivity contribution in [3.8, 4) is 0 Å². The first-order valence-electron chi connectivity index (χ1n) is 6.29. The fourth-order valence-electron chi connectivity index (χ4n) is 2.42. The zero-order valence-corrected chi connectivity index (χ0v) is 10.9. The van der Waals surface area contributed by atoms with Crippen LogP contribution in [-0.4, -0.2) is 36.9 Å². The quantitative estimate of drug-likeness (QED) is 0.813. The molecule has 2 N–H and O–H groups in total. The van der Waals surface area contributed by atoms with Gasteiger partial charge in [0.15, 0.2) is 0 Å². The van der Waals surface area contributed by atoms with Crippen LogP contribution in [0.1, 0.15) is 18.1 Å². The molecule has 17 heavy (non-hydrogen) atoms. The van der Waals surface area contributed by atoms with Crippen molar-refractivity contribution in [1.82, 2.24) is 5.32 Å². The third-order valence-corrected chi connectivity index (χ3v) is 3.53. The summed E-state index contributed by atoms with van der Waals surface area (Å²) in [5.41, 5.74) is 3.92. The van der Waals surface area contributed by atoms with Crippen LogP contribution in [0.2, 0.25) is 0 Å². The summed E-state index contributed by atoms with van der Waals surface area (Å²) in [6.45, 7) is 8.52. The van der Waals surface area contributed by atoms with Gasteiger partial charge in [0.05, 0.1) is 6.61 Å². The molecule has 1 heterocycles. The molecule has 94 valence electrons. The maximum absolute atomic E-state index is 9.28. The summed E-state index contributed by atoms with van der Waals surface area (Å²) < 4.78 is 0. The molecule has 1 aromatic rings. The van der Waals surface area contributed by atoms with E-state index in [1.165, 1.54) is 16.8 Å². The maximum atomic E-state index is 9.28. The summed E-state index contributed by atoms with van der Waals surface area (Å²) in [6, 6.07) is 7.19. The molecule has 1 aliphatic heterocycles. The van der Waals surface area contributed by atoms with E-state index in [1.54, 1.807) is 0 Å². The Labute approximate surface area is 103 Å². The third-order valence-electron chi connectivity index (χ3n) is 3.53. The highest BCUT2D eigenvalue weighted by Crippen LogP contribution is 2.21. The van der Waals surface area contributed by atoms with Gasteiger partial charge in [-0.1, -0.05) is 6.07 Å². The van der Waals surface area contributed by atoms with Gasteiger partial charge in [-0.15, -0.1) is 0 Å². The normalized spacial score (nSPS) is 25.1. The van der Waals surface area contributed by atoms with Crippen LogP contribution in [0.4, 0.5) is 5.69 Å². The summed E-state index contributed by atoms with van der Waals surface area (Å²) in [4.78, 5) is 2.36. The number of aliphatic hydroxyl groups is 1. The fourth-order valence-corrected chi connectivity index (χ4v) is 2.42. The van der Waals surface area contributed by atoms with E-state index in [0.29, 0.717) is 6.04 Å². The maximum Gasteiger partial charge on any atom is 0.0602 e. The lowest BCUT2D eigenvalue weighted by molar-refractivity contribution is 0.221. The minimum atomic E-state index is 0.181. The lowest BCUT2D eigenvalue weighted by Crippen LogP contribution is -2.56. The van der Waals surface area contributed by atoms with Crippen LogP contribution in [0.15, 0.2) is 18.2 Å².